The first-order valence-corrected chi connectivity index (χ1v) is 12.0. The Morgan fingerprint density at radius 3 is 2.13 bits per heavy atom. The predicted octanol–water partition coefficient (Wildman–Crippen LogP) is 5.27. The summed E-state index contributed by atoms with van der Waals surface area (Å²) in [6.07, 6.45) is 2.17. The molecule has 1 atom stereocenters. The van der Waals surface area contributed by atoms with Gasteiger partial charge in [0.15, 0.2) is 0 Å². The molecule has 1 saturated carbocycles. The summed E-state index contributed by atoms with van der Waals surface area (Å²) in [5, 5.41) is 14.9. The van der Waals surface area contributed by atoms with Crippen molar-refractivity contribution in [3.63, 3.8) is 0 Å². The molecular weight excluding hydrogens is 482 g/mol. The molecule has 0 aromatic heterocycles. The molecule has 4 aromatic carbocycles. The van der Waals surface area contributed by atoms with Crippen molar-refractivity contribution in [1.29, 1.82) is 0 Å². The molecule has 1 aliphatic carbocycles. The smallest absolute Gasteiger partial charge is 0.343 e. The summed E-state index contributed by atoms with van der Waals surface area (Å²) < 4.78 is 5.38. The van der Waals surface area contributed by atoms with Gasteiger partial charge in [0.05, 0.1) is 22.6 Å². The van der Waals surface area contributed by atoms with Gasteiger partial charge < -0.3 is 4.74 Å². The Balaban J connectivity index is 1.24. The third-order valence-corrected chi connectivity index (χ3v) is 6.63. The SMILES string of the molecule is O=C(Oc1cccc(/C=N\NC(=O)[C@@H]2CC2(c2ccccc2)c2ccccc2)c1)c1ccc([N+](=O)[O-])cc1. The number of nitro groups is 1. The molecule has 38 heavy (non-hydrogen) atoms. The Hall–Kier alpha value is -5.11. The number of hydrogen-bond donors (Lipinski definition) is 1. The lowest BCUT2D eigenvalue weighted by molar-refractivity contribution is -0.384. The fourth-order valence-electron chi connectivity index (χ4n) is 4.65. The van der Waals surface area contributed by atoms with E-state index in [9.17, 15) is 19.7 Å². The second-order valence-corrected chi connectivity index (χ2v) is 8.96. The second-order valence-electron chi connectivity index (χ2n) is 8.96. The molecule has 8 nitrogen and oxygen atoms in total. The maximum absolute atomic E-state index is 13.1. The number of rotatable bonds is 8. The zero-order chi connectivity index (χ0) is 26.5. The van der Waals surface area contributed by atoms with Crippen LogP contribution in [0.15, 0.2) is 114 Å². The number of ether oxygens (including phenoxy) is 1. The normalized spacial score (nSPS) is 15.5. The highest BCUT2D eigenvalue weighted by atomic mass is 16.6. The highest BCUT2D eigenvalue weighted by Gasteiger charge is 2.60. The van der Waals surface area contributed by atoms with E-state index in [2.05, 4.69) is 10.5 Å². The molecule has 188 valence electrons. The Labute approximate surface area is 218 Å². The van der Waals surface area contributed by atoms with Gasteiger partial charge >= 0.3 is 5.97 Å². The van der Waals surface area contributed by atoms with Gasteiger partial charge in [0, 0.05) is 17.5 Å². The number of hydrogen-bond acceptors (Lipinski definition) is 6. The van der Waals surface area contributed by atoms with Crippen LogP contribution in [0, 0.1) is 16.0 Å². The summed E-state index contributed by atoms with van der Waals surface area (Å²) in [7, 11) is 0. The van der Waals surface area contributed by atoms with E-state index in [-0.39, 0.29) is 34.2 Å². The van der Waals surface area contributed by atoms with Crippen LogP contribution in [-0.2, 0) is 10.2 Å². The quantitative estimate of drug-likeness (QED) is 0.115. The first kappa shape index (κ1) is 24.6. The lowest BCUT2D eigenvalue weighted by Gasteiger charge is -2.18. The van der Waals surface area contributed by atoms with Gasteiger partial charge in [-0.1, -0.05) is 72.8 Å². The minimum atomic E-state index is -0.644. The van der Waals surface area contributed by atoms with Crippen LogP contribution in [-0.4, -0.2) is 23.0 Å². The van der Waals surface area contributed by atoms with Gasteiger partial charge in [0.25, 0.3) is 5.69 Å². The summed E-state index contributed by atoms with van der Waals surface area (Å²) in [6, 6.07) is 31.9. The van der Waals surface area contributed by atoms with Crippen molar-refractivity contribution < 1.29 is 19.2 Å². The van der Waals surface area contributed by atoms with Crippen LogP contribution >= 0.6 is 0 Å². The summed E-state index contributed by atoms with van der Waals surface area (Å²) in [5.74, 6) is -0.791. The van der Waals surface area contributed by atoms with Crippen LogP contribution in [0.1, 0.15) is 33.5 Å². The molecule has 0 radical (unpaired) electrons. The molecule has 1 fully saturated rings. The van der Waals surface area contributed by atoms with Crippen molar-refractivity contribution in [2.45, 2.75) is 11.8 Å². The summed E-state index contributed by atoms with van der Waals surface area (Å²) >= 11 is 0. The van der Waals surface area contributed by atoms with Crippen LogP contribution in [0.3, 0.4) is 0 Å². The van der Waals surface area contributed by atoms with Gasteiger partial charge in [0.1, 0.15) is 5.75 Å². The van der Waals surface area contributed by atoms with Gasteiger partial charge in [0.2, 0.25) is 5.91 Å². The van der Waals surface area contributed by atoms with E-state index in [1.165, 1.54) is 30.5 Å². The average Bonchev–Trinajstić information content (AvgIpc) is 3.72. The Morgan fingerprint density at radius 2 is 1.53 bits per heavy atom. The second kappa shape index (κ2) is 10.5. The van der Waals surface area contributed by atoms with Gasteiger partial charge in [-0.25, -0.2) is 10.2 Å². The summed E-state index contributed by atoms with van der Waals surface area (Å²) in [5.41, 5.74) is 5.16. The number of nitrogens with one attached hydrogen (secondary N) is 1. The zero-order valence-corrected chi connectivity index (χ0v) is 20.2. The van der Waals surface area contributed by atoms with Gasteiger partial charge in [-0.3, -0.25) is 14.9 Å². The highest BCUT2D eigenvalue weighted by Crippen LogP contribution is 2.58. The maximum atomic E-state index is 13.1. The van der Waals surface area contributed by atoms with Gasteiger partial charge in [-0.15, -0.1) is 0 Å². The number of nitrogens with zero attached hydrogens (tertiary/aromatic N) is 2. The Morgan fingerprint density at radius 1 is 0.895 bits per heavy atom. The largest absolute Gasteiger partial charge is 0.423 e. The molecule has 0 aliphatic heterocycles. The molecule has 1 N–H and O–H groups in total. The van der Waals surface area contributed by atoms with Crippen molar-refractivity contribution in [2.24, 2.45) is 11.0 Å². The van der Waals surface area contributed by atoms with Gasteiger partial charge in [-0.05, 0) is 47.4 Å². The fourth-order valence-corrected chi connectivity index (χ4v) is 4.65. The number of non-ortho nitro benzene ring substituents is 1. The molecule has 0 saturated heterocycles. The zero-order valence-electron chi connectivity index (χ0n) is 20.2. The minimum Gasteiger partial charge on any atom is -0.423 e. The topological polar surface area (TPSA) is 111 Å². The van der Waals surface area contributed by atoms with Crippen LogP contribution in [0.25, 0.3) is 0 Å². The van der Waals surface area contributed by atoms with Crippen molar-refractivity contribution in [3.05, 3.63) is 142 Å². The lowest BCUT2D eigenvalue weighted by Crippen LogP contribution is -2.25. The van der Waals surface area contributed by atoms with E-state index in [1.54, 1.807) is 24.3 Å². The number of nitro benzene ring substituents is 1. The predicted molar refractivity (Wildman–Crippen MR) is 142 cm³/mol. The number of esters is 1. The average molecular weight is 506 g/mol. The van der Waals surface area contributed by atoms with E-state index in [4.69, 9.17) is 4.74 Å². The third-order valence-electron chi connectivity index (χ3n) is 6.63. The molecule has 1 aliphatic rings. The standard InChI is InChI=1S/C30H23N3O5/c34-28(27-19-30(27,23-9-3-1-4-10-23)24-11-5-2-6-12-24)32-31-20-21-8-7-13-26(18-21)38-29(35)22-14-16-25(17-15-22)33(36)37/h1-18,20,27H,19H2,(H,32,34)/b31-20-/t27-/m0/s1. The van der Waals surface area contributed by atoms with Crippen molar-refractivity contribution in [2.75, 3.05) is 0 Å². The molecule has 0 bridgehead atoms. The van der Waals surface area contributed by atoms with Crippen molar-refractivity contribution in [1.82, 2.24) is 5.43 Å². The Bertz CT molecular complexity index is 1460. The molecule has 1 amide bonds. The molecule has 8 heteroatoms. The molecule has 0 heterocycles. The summed E-state index contributed by atoms with van der Waals surface area (Å²) in [6.45, 7) is 0. The fraction of sp³-hybridized carbons (Fsp3) is 0.100. The number of carbonyl (C=O) groups is 2. The van der Waals surface area contributed by atoms with Gasteiger partial charge in [-0.2, -0.15) is 5.10 Å². The number of amides is 1. The van der Waals surface area contributed by atoms with E-state index in [0.717, 1.165) is 11.1 Å². The van der Waals surface area contributed by atoms with E-state index < -0.39 is 10.9 Å². The van der Waals surface area contributed by atoms with Crippen LogP contribution in [0.2, 0.25) is 0 Å². The van der Waals surface area contributed by atoms with E-state index >= 15 is 0 Å². The first-order chi connectivity index (χ1) is 18.5. The van der Waals surface area contributed by atoms with Crippen LogP contribution in [0.4, 0.5) is 5.69 Å². The first-order valence-electron chi connectivity index (χ1n) is 12.0. The Kier molecular flexibility index (Phi) is 6.78. The summed E-state index contributed by atoms with van der Waals surface area (Å²) in [4.78, 5) is 35.7. The monoisotopic (exact) mass is 505 g/mol. The maximum Gasteiger partial charge on any atom is 0.343 e. The lowest BCUT2D eigenvalue weighted by atomic mass is 9.85. The molecular formula is C30H23N3O5. The molecule has 5 rings (SSSR count). The van der Waals surface area contributed by atoms with Crippen LogP contribution in [0.5, 0.6) is 5.75 Å². The highest BCUT2D eigenvalue weighted by molar-refractivity contribution is 5.92. The van der Waals surface area contributed by atoms with Crippen LogP contribution < -0.4 is 10.2 Å². The number of carbonyl (C=O) groups excluding carboxylic acids is 2. The molecule has 0 spiro atoms. The number of benzene rings is 4. The van der Waals surface area contributed by atoms with Crippen molar-refractivity contribution in [3.8, 4) is 5.75 Å². The van der Waals surface area contributed by atoms with E-state index in [1.807, 2.05) is 60.7 Å². The van der Waals surface area contributed by atoms with Crippen molar-refractivity contribution >= 4 is 23.8 Å². The third kappa shape index (κ3) is 5.05. The number of hydrazone groups is 1. The minimum absolute atomic E-state index is 0.113. The van der Waals surface area contributed by atoms with E-state index in [0.29, 0.717) is 12.0 Å². The molecule has 4 aromatic rings. The molecule has 0 unspecified atom stereocenters.